The molecule has 0 bridgehead atoms. The molecule has 0 spiro atoms. The van der Waals surface area contributed by atoms with Crippen molar-refractivity contribution < 1.29 is 28.5 Å². The molecule has 0 aliphatic carbocycles. The van der Waals surface area contributed by atoms with Crippen LogP contribution in [0.1, 0.15) is 6.92 Å². The fourth-order valence-electron chi connectivity index (χ4n) is 3.96. The molecule has 4 atom stereocenters. The average molecular weight is 371 g/mol. The van der Waals surface area contributed by atoms with Crippen LogP contribution >= 0.6 is 0 Å². The first kappa shape index (κ1) is 17.8. The zero-order chi connectivity index (χ0) is 19.0. The second-order valence-electron chi connectivity index (χ2n) is 6.78. The summed E-state index contributed by atoms with van der Waals surface area (Å²) in [7, 11) is 1.59. The van der Waals surface area contributed by atoms with Crippen molar-refractivity contribution in [2.75, 3.05) is 25.2 Å². The van der Waals surface area contributed by atoms with E-state index in [9.17, 15) is 9.59 Å². The van der Waals surface area contributed by atoms with E-state index in [1.54, 1.807) is 18.1 Å². The molecule has 0 radical (unpaired) electrons. The molecule has 27 heavy (non-hydrogen) atoms. The molecule has 1 aromatic carbocycles. The molecule has 2 fully saturated rings. The van der Waals surface area contributed by atoms with Crippen LogP contribution in [0.3, 0.4) is 0 Å². The van der Waals surface area contributed by atoms with Gasteiger partial charge in [-0.15, -0.1) is 0 Å². The van der Waals surface area contributed by atoms with Crippen LogP contribution in [-0.2, 0) is 23.8 Å². The van der Waals surface area contributed by atoms with Crippen molar-refractivity contribution in [3.8, 4) is 5.75 Å². The Balaban J connectivity index is 1.67. The minimum Gasteiger partial charge on any atom is -0.497 e. The van der Waals surface area contributed by atoms with Crippen LogP contribution in [0.5, 0.6) is 5.75 Å². The number of esters is 1. The summed E-state index contributed by atoms with van der Waals surface area (Å²) in [5.41, 5.74) is -0.168. The number of hydrogen-bond donors (Lipinski definition) is 0. The normalized spacial score (nSPS) is 31.9. The summed E-state index contributed by atoms with van der Waals surface area (Å²) < 4.78 is 22.2. The zero-order valence-electron chi connectivity index (χ0n) is 15.2. The number of benzene rings is 1. The van der Waals surface area contributed by atoms with E-state index < -0.39 is 17.5 Å². The predicted molar refractivity (Wildman–Crippen MR) is 96.2 cm³/mol. The van der Waals surface area contributed by atoms with Crippen LogP contribution in [-0.4, -0.2) is 49.9 Å². The first-order valence-corrected chi connectivity index (χ1v) is 8.80. The molecule has 7 heteroatoms. The highest BCUT2D eigenvalue weighted by atomic mass is 16.6. The molecule has 4 rings (SSSR count). The summed E-state index contributed by atoms with van der Waals surface area (Å²) in [4.78, 5) is 26.1. The predicted octanol–water partition coefficient (Wildman–Crippen LogP) is 1.83. The maximum absolute atomic E-state index is 13.3. The number of nitrogens with zero attached hydrogens (tertiary/aromatic N) is 1. The summed E-state index contributed by atoms with van der Waals surface area (Å²) in [6, 6.07) is 7.28. The molecular formula is C20H21NO6. The Morgan fingerprint density at radius 2 is 2.11 bits per heavy atom. The van der Waals surface area contributed by atoms with Crippen molar-refractivity contribution in [3.05, 3.63) is 48.8 Å². The zero-order valence-corrected chi connectivity index (χ0v) is 15.2. The maximum atomic E-state index is 13.3. The van der Waals surface area contributed by atoms with Gasteiger partial charge in [-0.25, -0.2) is 0 Å². The Morgan fingerprint density at radius 1 is 1.33 bits per heavy atom. The van der Waals surface area contributed by atoms with E-state index in [1.165, 1.54) is 13.2 Å². The molecule has 3 aliphatic heterocycles. The van der Waals surface area contributed by atoms with Crippen molar-refractivity contribution in [3.63, 3.8) is 0 Å². The number of hydrogen-bond acceptors (Lipinski definition) is 6. The largest absolute Gasteiger partial charge is 0.497 e. The number of carbonyl (C=O) groups excluding carboxylic acids is 2. The van der Waals surface area contributed by atoms with Gasteiger partial charge in [-0.1, -0.05) is 12.2 Å². The number of fused-ring (bicyclic) bond motifs is 3. The van der Waals surface area contributed by atoms with Gasteiger partial charge in [0.15, 0.2) is 0 Å². The van der Waals surface area contributed by atoms with Gasteiger partial charge < -0.3 is 23.8 Å². The van der Waals surface area contributed by atoms with Crippen molar-refractivity contribution >= 4 is 17.6 Å². The van der Waals surface area contributed by atoms with E-state index in [1.807, 2.05) is 36.4 Å². The SMILES string of the molecule is COc1ccc(N2C[C@@]3(/C=C/OC(C)=O)O[C@@H]4C=CCO[C@@H]4[C@H]3C2=O)cc1. The van der Waals surface area contributed by atoms with Crippen LogP contribution in [0.4, 0.5) is 5.69 Å². The lowest BCUT2D eigenvalue weighted by molar-refractivity contribution is -0.135. The van der Waals surface area contributed by atoms with E-state index >= 15 is 0 Å². The third-order valence-corrected chi connectivity index (χ3v) is 5.15. The van der Waals surface area contributed by atoms with Crippen LogP contribution in [0.2, 0.25) is 0 Å². The smallest absolute Gasteiger partial charge is 0.307 e. The van der Waals surface area contributed by atoms with Crippen molar-refractivity contribution in [2.45, 2.75) is 24.7 Å². The van der Waals surface area contributed by atoms with Crippen molar-refractivity contribution in [1.82, 2.24) is 0 Å². The fourth-order valence-corrected chi connectivity index (χ4v) is 3.96. The number of rotatable bonds is 4. The minimum atomic E-state index is -0.920. The summed E-state index contributed by atoms with van der Waals surface area (Å²) >= 11 is 0. The summed E-state index contributed by atoms with van der Waals surface area (Å²) in [6.45, 7) is 2.08. The van der Waals surface area contributed by atoms with E-state index in [0.717, 1.165) is 5.69 Å². The highest BCUT2D eigenvalue weighted by Gasteiger charge is 2.63. The molecular weight excluding hydrogens is 350 g/mol. The molecule has 0 unspecified atom stereocenters. The number of anilines is 1. The summed E-state index contributed by atoms with van der Waals surface area (Å²) in [5.74, 6) is -0.300. The summed E-state index contributed by atoms with van der Waals surface area (Å²) in [5, 5.41) is 0. The second-order valence-corrected chi connectivity index (χ2v) is 6.78. The first-order valence-electron chi connectivity index (χ1n) is 8.80. The van der Waals surface area contributed by atoms with Gasteiger partial charge in [-0.05, 0) is 30.3 Å². The van der Waals surface area contributed by atoms with Gasteiger partial charge >= 0.3 is 5.97 Å². The minimum absolute atomic E-state index is 0.0737. The Labute approximate surface area is 157 Å². The van der Waals surface area contributed by atoms with Crippen molar-refractivity contribution in [1.29, 1.82) is 0 Å². The Morgan fingerprint density at radius 3 is 2.81 bits per heavy atom. The molecule has 0 aromatic heterocycles. The van der Waals surface area contributed by atoms with Crippen LogP contribution in [0.25, 0.3) is 0 Å². The van der Waals surface area contributed by atoms with Crippen molar-refractivity contribution in [2.24, 2.45) is 5.92 Å². The molecule has 0 N–H and O–H groups in total. The van der Waals surface area contributed by atoms with Crippen LogP contribution in [0.15, 0.2) is 48.8 Å². The number of methoxy groups -OCH3 is 1. The fraction of sp³-hybridized carbons (Fsp3) is 0.400. The highest BCUT2D eigenvalue weighted by Crippen LogP contribution is 2.48. The lowest BCUT2D eigenvalue weighted by atomic mass is 9.87. The van der Waals surface area contributed by atoms with E-state index in [-0.39, 0.29) is 18.1 Å². The average Bonchev–Trinajstić information content (AvgIpc) is 3.13. The van der Waals surface area contributed by atoms with Crippen LogP contribution < -0.4 is 9.64 Å². The lowest BCUT2D eigenvalue weighted by Crippen LogP contribution is -2.39. The first-order chi connectivity index (χ1) is 13.0. The van der Waals surface area contributed by atoms with Gasteiger partial charge in [-0.2, -0.15) is 0 Å². The third-order valence-electron chi connectivity index (χ3n) is 5.15. The van der Waals surface area contributed by atoms with E-state index in [2.05, 4.69) is 0 Å². The maximum Gasteiger partial charge on any atom is 0.307 e. The van der Waals surface area contributed by atoms with Gasteiger partial charge in [0.2, 0.25) is 5.91 Å². The monoisotopic (exact) mass is 371 g/mol. The molecule has 3 aliphatic rings. The quantitative estimate of drug-likeness (QED) is 0.457. The number of amides is 1. The molecule has 7 nitrogen and oxygen atoms in total. The van der Waals surface area contributed by atoms with Gasteiger partial charge in [0.1, 0.15) is 29.5 Å². The number of carbonyl (C=O) groups is 2. The van der Waals surface area contributed by atoms with E-state index in [4.69, 9.17) is 18.9 Å². The standard InChI is InChI=1S/C20H21NO6/c1-13(22)25-11-9-20-12-21(14-5-7-15(24-2)8-6-14)19(23)17(20)18-16(27-20)4-3-10-26-18/h3-9,11,16-18H,10,12H2,1-2H3/b11-9+/t16-,17+,18+,20-/m1/s1. The van der Waals surface area contributed by atoms with Gasteiger partial charge in [0.05, 0.1) is 26.5 Å². The van der Waals surface area contributed by atoms with E-state index in [0.29, 0.717) is 18.9 Å². The Kier molecular flexibility index (Phi) is 4.49. The third kappa shape index (κ3) is 3.02. The second kappa shape index (κ2) is 6.83. The molecule has 2 saturated heterocycles. The van der Waals surface area contributed by atoms with Crippen LogP contribution in [0, 0.1) is 5.92 Å². The Hall–Kier alpha value is -2.64. The highest BCUT2D eigenvalue weighted by molar-refractivity contribution is 6.00. The lowest BCUT2D eigenvalue weighted by Gasteiger charge is -2.26. The molecule has 0 saturated carbocycles. The number of ether oxygens (including phenoxy) is 4. The van der Waals surface area contributed by atoms with Gasteiger partial charge in [0.25, 0.3) is 0 Å². The summed E-state index contributed by atoms with van der Waals surface area (Å²) in [6.07, 6.45) is 6.12. The van der Waals surface area contributed by atoms with Gasteiger partial charge in [0, 0.05) is 12.6 Å². The van der Waals surface area contributed by atoms with Gasteiger partial charge in [-0.3, -0.25) is 9.59 Å². The molecule has 142 valence electrons. The topological polar surface area (TPSA) is 74.3 Å². The molecule has 1 amide bonds. The molecule has 3 heterocycles. The molecule has 1 aromatic rings. The Bertz CT molecular complexity index is 801.